The maximum atomic E-state index is 12.5. The van der Waals surface area contributed by atoms with Crippen molar-refractivity contribution in [1.82, 2.24) is 10.3 Å². The molecule has 0 bridgehead atoms. The second-order valence-electron chi connectivity index (χ2n) is 5.64. The highest BCUT2D eigenvalue weighted by Gasteiger charge is 2.32. The SMILES string of the molecule is CCC1CCN(c2ccc(C(F)(F)F)nc2)CCC(C)N1. The third kappa shape index (κ3) is 4.33. The van der Waals surface area contributed by atoms with Gasteiger partial charge in [-0.25, -0.2) is 4.98 Å². The predicted octanol–water partition coefficient (Wildman–Crippen LogP) is 3.46. The van der Waals surface area contributed by atoms with Crippen LogP contribution in [0.1, 0.15) is 38.8 Å². The molecular weight excluding hydrogens is 279 g/mol. The van der Waals surface area contributed by atoms with Gasteiger partial charge in [0.2, 0.25) is 0 Å². The Bertz CT molecular complexity index is 444. The lowest BCUT2D eigenvalue weighted by Crippen LogP contribution is -2.44. The van der Waals surface area contributed by atoms with Gasteiger partial charge in [0.15, 0.2) is 0 Å². The van der Waals surface area contributed by atoms with Gasteiger partial charge in [-0.3, -0.25) is 0 Å². The number of alkyl halides is 3. The van der Waals surface area contributed by atoms with Crippen LogP contribution in [-0.4, -0.2) is 30.2 Å². The van der Waals surface area contributed by atoms with Gasteiger partial charge in [0.1, 0.15) is 5.69 Å². The highest BCUT2D eigenvalue weighted by atomic mass is 19.4. The van der Waals surface area contributed by atoms with Crippen molar-refractivity contribution in [2.45, 2.75) is 51.4 Å². The van der Waals surface area contributed by atoms with Crippen LogP contribution in [0.25, 0.3) is 0 Å². The minimum Gasteiger partial charge on any atom is -0.370 e. The summed E-state index contributed by atoms with van der Waals surface area (Å²) in [6.45, 7) is 5.97. The topological polar surface area (TPSA) is 28.2 Å². The predicted molar refractivity (Wildman–Crippen MR) is 77.4 cm³/mol. The minimum atomic E-state index is -4.37. The van der Waals surface area contributed by atoms with Crippen LogP contribution in [0.4, 0.5) is 18.9 Å². The molecule has 3 nitrogen and oxygen atoms in total. The van der Waals surface area contributed by atoms with Gasteiger partial charge in [-0.2, -0.15) is 13.2 Å². The van der Waals surface area contributed by atoms with E-state index >= 15 is 0 Å². The van der Waals surface area contributed by atoms with Crippen molar-refractivity contribution < 1.29 is 13.2 Å². The Balaban J connectivity index is 2.09. The van der Waals surface area contributed by atoms with E-state index in [0.717, 1.165) is 44.1 Å². The quantitative estimate of drug-likeness (QED) is 0.907. The van der Waals surface area contributed by atoms with Gasteiger partial charge in [-0.05, 0) is 38.3 Å². The molecule has 0 radical (unpaired) electrons. The zero-order valence-corrected chi connectivity index (χ0v) is 12.5. The zero-order valence-electron chi connectivity index (χ0n) is 12.5. The van der Waals surface area contributed by atoms with E-state index < -0.39 is 11.9 Å². The average Bonchev–Trinajstić information content (AvgIpc) is 2.42. The van der Waals surface area contributed by atoms with Crippen molar-refractivity contribution in [1.29, 1.82) is 0 Å². The van der Waals surface area contributed by atoms with Gasteiger partial charge in [0.05, 0.1) is 11.9 Å². The number of halogens is 3. The first-order chi connectivity index (χ1) is 9.90. The summed E-state index contributed by atoms with van der Waals surface area (Å²) < 4.78 is 37.6. The first kappa shape index (κ1) is 16.1. The summed E-state index contributed by atoms with van der Waals surface area (Å²) in [6.07, 6.45) is -0.0210. The molecule has 1 N–H and O–H groups in total. The fourth-order valence-electron chi connectivity index (χ4n) is 2.66. The molecule has 1 aromatic heterocycles. The summed E-state index contributed by atoms with van der Waals surface area (Å²) in [7, 11) is 0. The summed E-state index contributed by atoms with van der Waals surface area (Å²) in [5.74, 6) is 0. The molecule has 1 fully saturated rings. The molecule has 2 heterocycles. The van der Waals surface area contributed by atoms with Gasteiger partial charge in [-0.15, -0.1) is 0 Å². The number of nitrogens with one attached hydrogen (secondary N) is 1. The molecule has 21 heavy (non-hydrogen) atoms. The molecule has 0 spiro atoms. The van der Waals surface area contributed by atoms with Crippen molar-refractivity contribution >= 4 is 5.69 Å². The van der Waals surface area contributed by atoms with Crippen molar-refractivity contribution in [3.8, 4) is 0 Å². The largest absolute Gasteiger partial charge is 0.433 e. The number of rotatable bonds is 2. The fraction of sp³-hybridized carbons (Fsp3) is 0.667. The van der Waals surface area contributed by atoms with Crippen LogP contribution in [0.5, 0.6) is 0 Å². The highest BCUT2D eigenvalue weighted by molar-refractivity contribution is 5.44. The van der Waals surface area contributed by atoms with E-state index in [2.05, 4.69) is 29.0 Å². The van der Waals surface area contributed by atoms with Crippen LogP contribution in [0.15, 0.2) is 18.3 Å². The molecule has 0 aromatic carbocycles. The number of aromatic nitrogens is 1. The monoisotopic (exact) mass is 301 g/mol. The Morgan fingerprint density at radius 2 is 2.00 bits per heavy atom. The fourth-order valence-corrected chi connectivity index (χ4v) is 2.66. The second-order valence-corrected chi connectivity index (χ2v) is 5.64. The molecule has 1 aromatic rings. The van der Waals surface area contributed by atoms with Crippen molar-refractivity contribution in [3.63, 3.8) is 0 Å². The number of hydrogen-bond acceptors (Lipinski definition) is 3. The summed E-state index contributed by atoms with van der Waals surface area (Å²) >= 11 is 0. The molecule has 0 amide bonds. The molecule has 0 aliphatic carbocycles. The minimum absolute atomic E-state index is 0.417. The molecule has 2 atom stereocenters. The third-order valence-corrected chi connectivity index (χ3v) is 4.00. The molecule has 2 rings (SSSR count). The van der Waals surface area contributed by atoms with Crippen molar-refractivity contribution in [2.24, 2.45) is 0 Å². The lowest BCUT2D eigenvalue weighted by molar-refractivity contribution is -0.141. The van der Waals surface area contributed by atoms with Gasteiger partial charge < -0.3 is 10.2 Å². The Morgan fingerprint density at radius 1 is 1.29 bits per heavy atom. The number of hydrogen-bond donors (Lipinski definition) is 1. The molecule has 0 saturated carbocycles. The number of nitrogens with zero attached hydrogens (tertiary/aromatic N) is 2. The Hall–Kier alpha value is -1.30. The van der Waals surface area contributed by atoms with E-state index in [1.54, 1.807) is 0 Å². The summed E-state index contributed by atoms with van der Waals surface area (Å²) in [5, 5.41) is 3.58. The van der Waals surface area contributed by atoms with Crippen molar-refractivity contribution in [3.05, 3.63) is 24.0 Å². The first-order valence-electron chi connectivity index (χ1n) is 7.44. The van der Waals surface area contributed by atoms with Crippen molar-refractivity contribution in [2.75, 3.05) is 18.0 Å². The maximum Gasteiger partial charge on any atom is 0.433 e. The first-order valence-corrected chi connectivity index (χ1v) is 7.44. The zero-order chi connectivity index (χ0) is 15.5. The molecular formula is C15H22F3N3. The van der Waals surface area contributed by atoms with E-state index in [1.807, 2.05) is 0 Å². The molecule has 2 unspecified atom stereocenters. The van der Waals surface area contributed by atoms with Crippen LogP contribution >= 0.6 is 0 Å². The highest BCUT2D eigenvalue weighted by Crippen LogP contribution is 2.28. The van der Waals surface area contributed by atoms with Gasteiger partial charge in [0, 0.05) is 25.2 Å². The lowest BCUT2D eigenvalue weighted by atomic mass is 10.1. The van der Waals surface area contributed by atoms with Gasteiger partial charge in [0.25, 0.3) is 0 Å². The second kappa shape index (κ2) is 6.64. The van der Waals surface area contributed by atoms with E-state index in [-0.39, 0.29) is 0 Å². The smallest absolute Gasteiger partial charge is 0.370 e. The summed E-state index contributed by atoms with van der Waals surface area (Å²) in [4.78, 5) is 5.69. The van der Waals surface area contributed by atoms with Gasteiger partial charge in [-0.1, -0.05) is 6.92 Å². The van der Waals surface area contributed by atoms with Crippen LogP contribution in [-0.2, 0) is 6.18 Å². The Morgan fingerprint density at radius 3 is 2.57 bits per heavy atom. The molecule has 1 aliphatic heterocycles. The molecule has 6 heteroatoms. The molecule has 1 saturated heterocycles. The van der Waals surface area contributed by atoms with Crippen LogP contribution in [0.3, 0.4) is 0 Å². The van der Waals surface area contributed by atoms with Crippen LogP contribution in [0.2, 0.25) is 0 Å². The van der Waals surface area contributed by atoms with E-state index in [0.29, 0.717) is 12.1 Å². The van der Waals surface area contributed by atoms with Crippen LogP contribution in [0, 0.1) is 0 Å². The molecule has 1 aliphatic rings. The standard InChI is InChI=1S/C15H22F3N3/c1-3-12-7-9-21(8-6-11(2)20-12)13-4-5-14(19-10-13)15(16,17)18/h4-5,10-12,20H,3,6-9H2,1-2H3. The number of pyridine rings is 1. The van der Waals surface area contributed by atoms with Gasteiger partial charge >= 0.3 is 6.18 Å². The summed E-state index contributed by atoms with van der Waals surface area (Å²) in [5.41, 5.74) is -0.0632. The summed E-state index contributed by atoms with van der Waals surface area (Å²) in [6, 6.07) is 3.47. The van der Waals surface area contributed by atoms with E-state index in [9.17, 15) is 13.2 Å². The normalized spacial score (nSPS) is 24.5. The Kier molecular flexibility index (Phi) is 5.08. The van der Waals surface area contributed by atoms with Crippen LogP contribution < -0.4 is 10.2 Å². The lowest BCUT2D eigenvalue weighted by Gasteiger charge is -2.33. The molecule has 118 valence electrons. The number of anilines is 1. The maximum absolute atomic E-state index is 12.5. The Labute approximate surface area is 123 Å². The van der Waals surface area contributed by atoms with E-state index in [4.69, 9.17) is 0 Å². The van der Waals surface area contributed by atoms with E-state index in [1.165, 1.54) is 12.3 Å². The average molecular weight is 301 g/mol. The third-order valence-electron chi connectivity index (χ3n) is 4.00.